The molecular formula is C18H23N3O4. The highest BCUT2D eigenvalue weighted by molar-refractivity contribution is 6.02. The van der Waals surface area contributed by atoms with E-state index in [0.717, 1.165) is 27.3 Å². The summed E-state index contributed by atoms with van der Waals surface area (Å²) in [4.78, 5) is 47.9. The van der Waals surface area contributed by atoms with Crippen molar-refractivity contribution >= 4 is 29.3 Å². The van der Waals surface area contributed by atoms with Crippen LogP contribution in [0.3, 0.4) is 0 Å². The molecule has 0 bridgehead atoms. The van der Waals surface area contributed by atoms with Gasteiger partial charge in [-0.25, -0.2) is 0 Å². The summed E-state index contributed by atoms with van der Waals surface area (Å²) >= 11 is 0. The summed E-state index contributed by atoms with van der Waals surface area (Å²) in [5.74, 6) is -1.20. The molecule has 1 aliphatic rings. The highest BCUT2D eigenvalue weighted by atomic mass is 16.2. The number of nitrogens with zero attached hydrogens (tertiary/aromatic N) is 1. The Hall–Kier alpha value is -2.70. The van der Waals surface area contributed by atoms with E-state index >= 15 is 0 Å². The Morgan fingerprint density at radius 2 is 1.56 bits per heavy atom. The summed E-state index contributed by atoms with van der Waals surface area (Å²) in [6.07, 6.45) is 0.406. The summed E-state index contributed by atoms with van der Waals surface area (Å²) in [6, 6.07) is 3.95. The molecule has 1 aromatic rings. The van der Waals surface area contributed by atoms with E-state index in [1.807, 2.05) is 32.9 Å². The van der Waals surface area contributed by atoms with Gasteiger partial charge >= 0.3 is 0 Å². The Kier molecular flexibility index (Phi) is 5.90. The molecular weight excluding hydrogens is 322 g/mol. The van der Waals surface area contributed by atoms with Crippen molar-refractivity contribution < 1.29 is 19.2 Å². The lowest BCUT2D eigenvalue weighted by atomic mass is 10.1. The number of likely N-dealkylation sites (tertiary alicyclic amines) is 1. The average molecular weight is 345 g/mol. The van der Waals surface area contributed by atoms with Crippen LogP contribution in [-0.4, -0.2) is 41.6 Å². The highest BCUT2D eigenvalue weighted by Crippen LogP contribution is 2.21. The molecule has 0 radical (unpaired) electrons. The van der Waals surface area contributed by atoms with Crippen LogP contribution in [-0.2, 0) is 19.2 Å². The summed E-state index contributed by atoms with van der Waals surface area (Å²) in [5.41, 5.74) is 3.79. The largest absolute Gasteiger partial charge is 0.347 e. The average Bonchev–Trinajstić information content (AvgIpc) is 2.85. The van der Waals surface area contributed by atoms with Crippen molar-refractivity contribution in [2.75, 3.05) is 18.4 Å². The van der Waals surface area contributed by atoms with Gasteiger partial charge in [0.2, 0.25) is 23.6 Å². The summed E-state index contributed by atoms with van der Waals surface area (Å²) in [5, 5.41) is 5.31. The van der Waals surface area contributed by atoms with Crippen LogP contribution in [0.1, 0.15) is 36.0 Å². The Balaban J connectivity index is 1.79. The zero-order chi connectivity index (χ0) is 18.6. The van der Waals surface area contributed by atoms with E-state index in [1.165, 1.54) is 0 Å². The minimum Gasteiger partial charge on any atom is -0.347 e. The first-order chi connectivity index (χ1) is 11.8. The molecule has 1 aromatic carbocycles. The van der Waals surface area contributed by atoms with Crippen molar-refractivity contribution in [1.29, 1.82) is 0 Å². The lowest BCUT2D eigenvalue weighted by molar-refractivity contribution is -0.138. The van der Waals surface area contributed by atoms with Gasteiger partial charge in [-0.05, 0) is 31.9 Å². The first-order valence-corrected chi connectivity index (χ1v) is 8.25. The number of rotatable bonds is 6. The maximum absolute atomic E-state index is 12.0. The van der Waals surface area contributed by atoms with Gasteiger partial charge in [0.15, 0.2) is 0 Å². The van der Waals surface area contributed by atoms with Gasteiger partial charge in [0.05, 0.1) is 6.54 Å². The zero-order valence-electron chi connectivity index (χ0n) is 14.8. The number of hydrogen-bond donors (Lipinski definition) is 2. The van der Waals surface area contributed by atoms with Gasteiger partial charge in [-0.3, -0.25) is 24.1 Å². The number of carbonyl (C=O) groups is 4. The van der Waals surface area contributed by atoms with Gasteiger partial charge in [0.25, 0.3) is 0 Å². The molecule has 0 aliphatic carbocycles. The Morgan fingerprint density at radius 3 is 2.12 bits per heavy atom. The fourth-order valence-electron chi connectivity index (χ4n) is 2.91. The number of hydrogen-bond acceptors (Lipinski definition) is 4. The molecule has 0 saturated carbocycles. The second-order valence-electron chi connectivity index (χ2n) is 6.29. The molecule has 2 rings (SSSR count). The Bertz CT molecular complexity index is 688. The number of aryl methyl sites for hydroxylation is 3. The molecule has 0 unspecified atom stereocenters. The highest BCUT2D eigenvalue weighted by Gasteiger charge is 2.28. The second-order valence-corrected chi connectivity index (χ2v) is 6.29. The molecule has 7 nitrogen and oxygen atoms in total. The van der Waals surface area contributed by atoms with E-state index < -0.39 is 0 Å². The van der Waals surface area contributed by atoms with Crippen LogP contribution in [0.15, 0.2) is 12.1 Å². The van der Waals surface area contributed by atoms with Crippen LogP contribution < -0.4 is 10.6 Å². The van der Waals surface area contributed by atoms with E-state index in [2.05, 4.69) is 10.6 Å². The van der Waals surface area contributed by atoms with Crippen LogP contribution in [0.5, 0.6) is 0 Å². The number of amides is 4. The molecule has 0 aromatic heterocycles. The van der Waals surface area contributed by atoms with Crippen molar-refractivity contribution in [3.63, 3.8) is 0 Å². The third-order valence-electron chi connectivity index (χ3n) is 4.10. The summed E-state index contributed by atoms with van der Waals surface area (Å²) in [7, 11) is 0. The van der Waals surface area contributed by atoms with Gasteiger partial charge < -0.3 is 10.6 Å². The third kappa shape index (κ3) is 4.89. The predicted octanol–water partition coefficient (Wildman–Crippen LogP) is 1.21. The van der Waals surface area contributed by atoms with Gasteiger partial charge in [-0.1, -0.05) is 17.7 Å². The zero-order valence-corrected chi connectivity index (χ0v) is 14.8. The predicted molar refractivity (Wildman–Crippen MR) is 92.9 cm³/mol. The number of anilines is 1. The van der Waals surface area contributed by atoms with Crippen LogP contribution in [0.25, 0.3) is 0 Å². The van der Waals surface area contributed by atoms with Crippen molar-refractivity contribution in [1.82, 2.24) is 10.2 Å². The van der Waals surface area contributed by atoms with E-state index in [1.54, 1.807) is 0 Å². The van der Waals surface area contributed by atoms with Crippen molar-refractivity contribution in [2.45, 2.75) is 40.0 Å². The maximum atomic E-state index is 12.0. The number of imide groups is 1. The number of nitrogens with one attached hydrogen (secondary N) is 2. The van der Waals surface area contributed by atoms with Gasteiger partial charge in [-0.2, -0.15) is 0 Å². The minimum atomic E-state index is -0.375. The molecule has 1 saturated heterocycles. The smallest absolute Gasteiger partial charge is 0.243 e. The molecule has 0 spiro atoms. The van der Waals surface area contributed by atoms with Crippen molar-refractivity contribution in [3.8, 4) is 0 Å². The van der Waals surface area contributed by atoms with E-state index in [9.17, 15) is 19.2 Å². The van der Waals surface area contributed by atoms with Gasteiger partial charge in [0.1, 0.15) is 0 Å². The molecule has 0 atom stereocenters. The normalized spacial score (nSPS) is 14.0. The first kappa shape index (κ1) is 18.6. The quantitative estimate of drug-likeness (QED) is 0.758. The van der Waals surface area contributed by atoms with Gasteiger partial charge in [-0.15, -0.1) is 0 Å². The lowest BCUT2D eigenvalue weighted by Crippen LogP contribution is -2.37. The maximum Gasteiger partial charge on any atom is 0.243 e. The SMILES string of the molecule is Cc1cc(C)c(NC(=O)CNC(=O)CCN2C(=O)CCC2=O)c(C)c1. The Morgan fingerprint density at radius 1 is 1.00 bits per heavy atom. The first-order valence-electron chi connectivity index (χ1n) is 8.25. The topological polar surface area (TPSA) is 95.6 Å². The van der Waals surface area contributed by atoms with E-state index in [0.29, 0.717) is 0 Å². The summed E-state index contributed by atoms with van der Waals surface area (Å²) < 4.78 is 0. The standard InChI is InChI=1S/C18H23N3O4/c1-11-8-12(2)18(13(3)9-11)20-15(23)10-19-14(22)6-7-21-16(24)4-5-17(21)25/h8-9H,4-7,10H2,1-3H3,(H,19,22)(H,20,23). The number of benzene rings is 1. The molecule has 134 valence electrons. The van der Waals surface area contributed by atoms with Crippen molar-refractivity contribution in [3.05, 3.63) is 28.8 Å². The second kappa shape index (κ2) is 7.92. The van der Waals surface area contributed by atoms with E-state index in [4.69, 9.17) is 0 Å². The monoisotopic (exact) mass is 345 g/mol. The van der Waals surface area contributed by atoms with Crippen LogP contribution in [0.4, 0.5) is 5.69 Å². The fraction of sp³-hybridized carbons (Fsp3) is 0.444. The Labute approximate surface area is 146 Å². The molecule has 25 heavy (non-hydrogen) atoms. The number of carbonyl (C=O) groups excluding carboxylic acids is 4. The molecule has 2 N–H and O–H groups in total. The van der Waals surface area contributed by atoms with E-state index in [-0.39, 0.29) is 56.0 Å². The van der Waals surface area contributed by atoms with Crippen LogP contribution >= 0.6 is 0 Å². The third-order valence-corrected chi connectivity index (χ3v) is 4.10. The van der Waals surface area contributed by atoms with Gasteiger partial charge in [0, 0.05) is 31.5 Å². The fourth-order valence-corrected chi connectivity index (χ4v) is 2.91. The van der Waals surface area contributed by atoms with Crippen LogP contribution in [0.2, 0.25) is 0 Å². The lowest BCUT2D eigenvalue weighted by Gasteiger charge is -2.14. The molecule has 1 fully saturated rings. The molecule has 7 heteroatoms. The van der Waals surface area contributed by atoms with Crippen molar-refractivity contribution in [2.24, 2.45) is 0 Å². The van der Waals surface area contributed by atoms with Crippen LogP contribution in [0, 0.1) is 20.8 Å². The molecule has 1 heterocycles. The minimum absolute atomic E-state index is 0.00660. The molecule has 1 aliphatic heterocycles. The summed E-state index contributed by atoms with van der Waals surface area (Å²) in [6.45, 7) is 5.72. The molecule has 4 amide bonds.